The molecule has 5 nitrogen and oxygen atoms in total. The Morgan fingerprint density at radius 1 is 1.04 bits per heavy atom. The third-order valence-electron chi connectivity index (χ3n) is 3.70. The average Bonchev–Trinajstić information content (AvgIpc) is 2.56. The Hall–Kier alpha value is -2.66. The summed E-state index contributed by atoms with van der Waals surface area (Å²) >= 11 is 0. The molecule has 0 bridgehead atoms. The summed E-state index contributed by atoms with van der Waals surface area (Å²) in [6.07, 6.45) is 0.0244. The van der Waals surface area contributed by atoms with Gasteiger partial charge in [-0.1, -0.05) is 48.0 Å². The molecule has 0 saturated heterocycles. The van der Waals surface area contributed by atoms with Gasteiger partial charge in [-0.3, -0.25) is 9.59 Å². The lowest BCUT2D eigenvalue weighted by molar-refractivity contribution is -0.137. The minimum Gasteiger partial charge on any atom is -0.481 e. The first kappa shape index (κ1) is 17.7. The summed E-state index contributed by atoms with van der Waals surface area (Å²) in [5, 5.41) is 14.9. The van der Waals surface area contributed by atoms with E-state index in [0.29, 0.717) is 6.54 Å². The van der Waals surface area contributed by atoms with Gasteiger partial charge in [0.2, 0.25) is 5.91 Å². The second kappa shape index (κ2) is 8.84. The van der Waals surface area contributed by atoms with Crippen LogP contribution in [0.15, 0.2) is 54.6 Å². The molecule has 2 aromatic carbocycles. The molecule has 0 fully saturated rings. The molecule has 24 heavy (non-hydrogen) atoms. The van der Waals surface area contributed by atoms with Crippen LogP contribution in [0.4, 0.5) is 5.69 Å². The van der Waals surface area contributed by atoms with Crippen LogP contribution in [-0.4, -0.2) is 30.1 Å². The number of carbonyl (C=O) groups excluding carboxylic acids is 1. The zero-order valence-electron chi connectivity index (χ0n) is 13.7. The van der Waals surface area contributed by atoms with E-state index in [1.165, 1.54) is 0 Å². The predicted molar refractivity (Wildman–Crippen MR) is 94.1 cm³/mol. The SMILES string of the molecule is Cc1ccc(NC(=O)CNCC(CC(=O)O)c2ccccc2)cc1. The average molecular weight is 326 g/mol. The first-order chi connectivity index (χ1) is 11.5. The maximum Gasteiger partial charge on any atom is 0.304 e. The zero-order chi connectivity index (χ0) is 17.4. The highest BCUT2D eigenvalue weighted by Gasteiger charge is 2.15. The Morgan fingerprint density at radius 3 is 2.33 bits per heavy atom. The van der Waals surface area contributed by atoms with Crippen LogP contribution in [0, 0.1) is 6.92 Å². The molecule has 1 unspecified atom stereocenters. The lowest BCUT2D eigenvalue weighted by Crippen LogP contribution is -2.31. The molecule has 0 aliphatic carbocycles. The Bertz CT molecular complexity index is 669. The number of nitrogens with one attached hydrogen (secondary N) is 2. The van der Waals surface area contributed by atoms with Crippen LogP contribution >= 0.6 is 0 Å². The molecule has 0 aromatic heterocycles. The van der Waals surface area contributed by atoms with E-state index in [4.69, 9.17) is 5.11 Å². The molecule has 0 saturated carbocycles. The standard InChI is InChI=1S/C19H22N2O3/c1-14-7-9-17(10-8-14)21-18(22)13-20-12-16(11-19(23)24)15-5-3-2-4-6-15/h2-10,16,20H,11-13H2,1H3,(H,21,22)(H,23,24). The van der Waals surface area contributed by atoms with Crippen LogP contribution in [0.1, 0.15) is 23.5 Å². The smallest absolute Gasteiger partial charge is 0.304 e. The van der Waals surface area contributed by atoms with Gasteiger partial charge in [-0.15, -0.1) is 0 Å². The third kappa shape index (κ3) is 5.85. The second-order valence-corrected chi connectivity index (χ2v) is 5.75. The first-order valence-electron chi connectivity index (χ1n) is 7.88. The highest BCUT2D eigenvalue weighted by molar-refractivity contribution is 5.92. The number of carbonyl (C=O) groups is 2. The topological polar surface area (TPSA) is 78.4 Å². The predicted octanol–water partition coefficient (Wildman–Crippen LogP) is 2.78. The van der Waals surface area contributed by atoms with Crippen molar-refractivity contribution in [2.75, 3.05) is 18.4 Å². The van der Waals surface area contributed by atoms with Gasteiger partial charge < -0.3 is 15.7 Å². The summed E-state index contributed by atoms with van der Waals surface area (Å²) in [4.78, 5) is 23.0. The van der Waals surface area contributed by atoms with Gasteiger partial charge in [0.1, 0.15) is 0 Å². The van der Waals surface area contributed by atoms with E-state index in [1.807, 2.05) is 61.5 Å². The Balaban J connectivity index is 1.84. The van der Waals surface area contributed by atoms with Crippen LogP contribution in [0.2, 0.25) is 0 Å². The van der Waals surface area contributed by atoms with E-state index in [9.17, 15) is 9.59 Å². The number of hydrogen-bond acceptors (Lipinski definition) is 3. The van der Waals surface area contributed by atoms with Crippen LogP contribution in [0.5, 0.6) is 0 Å². The summed E-state index contributed by atoms with van der Waals surface area (Å²) in [7, 11) is 0. The Kier molecular flexibility index (Phi) is 6.51. The molecular weight excluding hydrogens is 304 g/mol. The molecule has 2 aromatic rings. The summed E-state index contributed by atoms with van der Waals surface area (Å²) in [6.45, 7) is 2.55. The highest BCUT2D eigenvalue weighted by atomic mass is 16.4. The largest absolute Gasteiger partial charge is 0.481 e. The van der Waals surface area contributed by atoms with Gasteiger partial charge in [-0.05, 0) is 24.6 Å². The Morgan fingerprint density at radius 2 is 1.71 bits per heavy atom. The molecule has 0 aliphatic heterocycles. The van der Waals surface area contributed by atoms with Crippen molar-refractivity contribution in [3.05, 3.63) is 65.7 Å². The van der Waals surface area contributed by atoms with Gasteiger partial charge in [-0.25, -0.2) is 0 Å². The van der Waals surface area contributed by atoms with E-state index in [2.05, 4.69) is 10.6 Å². The van der Waals surface area contributed by atoms with E-state index in [-0.39, 0.29) is 24.8 Å². The maximum absolute atomic E-state index is 11.9. The highest BCUT2D eigenvalue weighted by Crippen LogP contribution is 2.18. The number of carboxylic acids is 1. The second-order valence-electron chi connectivity index (χ2n) is 5.75. The number of hydrogen-bond donors (Lipinski definition) is 3. The number of aliphatic carboxylic acids is 1. The van der Waals surface area contributed by atoms with Crippen molar-refractivity contribution in [3.63, 3.8) is 0 Å². The fourth-order valence-corrected chi connectivity index (χ4v) is 2.45. The molecule has 0 heterocycles. The lowest BCUT2D eigenvalue weighted by atomic mass is 9.96. The van der Waals surface area contributed by atoms with Crippen LogP contribution in [-0.2, 0) is 9.59 Å². The third-order valence-corrected chi connectivity index (χ3v) is 3.70. The van der Waals surface area contributed by atoms with Gasteiger partial charge >= 0.3 is 5.97 Å². The summed E-state index contributed by atoms with van der Waals surface area (Å²) < 4.78 is 0. The first-order valence-corrected chi connectivity index (χ1v) is 7.88. The van der Waals surface area contributed by atoms with Gasteiger partial charge in [-0.2, -0.15) is 0 Å². The molecular formula is C19H22N2O3. The Labute approximate surface area is 141 Å². The number of carboxylic acid groups (broad SMARTS) is 1. The fourth-order valence-electron chi connectivity index (χ4n) is 2.45. The maximum atomic E-state index is 11.9. The lowest BCUT2D eigenvalue weighted by Gasteiger charge is -2.16. The molecule has 0 radical (unpaired) electrons. The number of aryl methyl sites for hydroxylation is 1. The van der Waals surface area contributed by atoms with Crippen LogP contribution in [0.3, 0.4) is 0 Å². The van der Waals surface area contributed by atoms with Gasteiger partial charge in [0.25, 0.3) is 0 Å². The molecule has 2 rings (SSSR count). The number of amides is 1. The van der Waals surface area contributed by atoms with Crippen molar-refractivity contribution in [2.45, 2.75) is 19.3 Å². The normalized spacial score (nSPS) is 11.7. The van der Waals surface area contributed by atoms with Crippen molar-refractivity contribution >= 4 is 17.6 Å². The minimum atomic E-state index is -0.852. The summed E-state index contributed by atoms with van der Waals surface area (Å²) in [6, 6.07) is 17.0. The molecule has 0 aliphatic rings. The molecule has 3 N–H and O–H groups in total. The van der Waals surface area contributed by atoms with E-state index >= 15 is 0 Å². The summed E-state index contributed by atoms with van der Waals surface area (Å²) in [5.41, 5.74) is 2.83. The van der Waals surface area contributed by atoms with E-state index in [1.54, 1.807) is 0 Å². The van der Waals surface area contributed by atoms with E-state index < -0.39 is 5.97 Å². The van der Waals surface area contributed by atoms with Gasteiger partial charge in [0, 0.05) is 18.2 Å². The van der Waals surface area contributed by atoms with Gasteiger partial charge in [0.05, 0.1) is 13.0 Å². The van der Waals surface area contributed by atoms with Crippen molar-refractivity contribution < 1.29 is 14.7 Å². The minimum absolute atomic E-state index is 0.0244. The zero-order valence-corrected chi connectivity index (χ0v) is 13.7. The van der Waals surface area contributed by atoms with Crippen molar-refractivity contribution in [3.8, 4) is 0 Å². The molecule has 1 amide bonds. The number of rotatable bonds is 8. The molecule has 126 valence electrons. The number of benzene rings is 2. The van der Waals surface area contributed by atoms with Gasteiger partial charge in [0.15, 0.2) is 0 Å². The van der Waals surface area contributed by atoms with Crippen LogP contribution in [0.25, 0.3) is 0 Å². The monoisotopic (exact) mass is 326 g/mol. The number of anilines is 1. The van der Waals surface area contributed by atoms with Crippen molar-refractivity contribution in [1.29, 1.82) is 0 Å². The molecule has 5 heteroatoms. The fraction of sp³-hybridized carbons (Fsp3) is 0.263. The quantitative estimate of drug-likeness (QED) is 0.697. The van der Waals surface area contributed by atoms with Crippen molar-refractivity contribution in [2.24, 2.45) is 0 Å². The molecule has 0 spiro atoms. The molecule has 1 atom stereocenters. The van der Waals surface area contributed by atoms with Crippen LogP contribution < -0.4 is 10.6 Å². The van der Waals surface area contributed by atoms with E-state index in [0.717, 1.165) is 16.8 Å². The van der Waals surface area contributed by atoms with Crippen molar-refractivity contribution in [1.82, 2.24) is 5.32 Å². The summed E-state index contributed by atoms with van der Waals surface area (Å²) in [5.74, 6) is -1.17.